The fraction of sp³-hybridized carbons (Fsp3) is 0.417. The Balaban J connectivity index is 1.44. The zero-order chi connectivity index (χ0) is 21.1. The average Bonchev–Trinajstić information content (AvgIpc) is 3.36. The van der Waals surface area contributed by atoms with Gasteiger partial charge in [0, 0.05) is 24.9 Å². The summed E-state index contributed by atoms with van der Waals surface area (Å²) in [5, 5.41) is 3.08. The molecule has 0 spiro atoms. The van der Waals surface area contributed by atoms with Gasteiger partial charge in [0.15, 0.2) is 0 Å². The van der Waals surface area contributed by atoms with Gasteiger partial charge >= 0.3 is 0 Å². The monoisotopic (exact) mass is 412 g/mol. The zero-order valence-electron chi connectivity index (χ0n) is 16.9. The fourth-order valence-electron chi connectivity index (χ4n) is 4.76. The Bertz CT molecular complexity index is 914. The number of amides is 2. The Hall–Kier alpha value is -2.76. The average molecular weight is 412 g/mol. The van der Waals surface area contributed by atoms with E-state index >= 15 is 0 Å². The highest BCUT2D eigenvalue weighted by molar-refractivity contribution is 5.80. The minimum atomic E-state index is -0.477. The standard InChI is InChI=1S/C24H26F2N2O2/c25-19-7-3-17(4-8-19)16-24(13-11-22(29)27-24)14-12-23(30)28-15-1-2-21(28)18-5-9-20(26)10-6-18/h3-10,21H,1-2,11-16H2,(H,27,29). The van der Waals surface area contributed by atoms with Crippen molar-refractivity contribution < 1.29 is 18.4 Å². The van der Waals surface area contributed by atoms with Gasteiger partial charge in [0.1, 0.15) is 11.6 Å². The molecule has 1 N–H and O–H groups in total. The number of nitrogens with one attached hydrogen (secondary N) is 1. The number of hydrogen-bond donors (Lipinski definition) is 1. The first-order valence-corrected chi connectivity index (χ1v) is 10.5. The Kier molecular flexibility index (Phi) is 5.84. The van der Waals surface area contributed by atoms with Gasteiger partial charge in [0.25, 0.3) is 0 Å². The first kappa shape index (κ1) is 20.5. The van der Waals surface area contributed by atoms with Crippen molar-refractivity contribution in [3.63, 3.8) is 0 Å². The second-order valence-electron chi connectivity index (χ2n) is 8.43. The Morgan fingerprint density at radius 2 is 1.73 bits per heavy atom. The smallest absolute Gasteiger partial charge is 0.223 e. The molecule has 0 bridgehead atoms. The van der Waals surface area contributed by atoms with Gasteiger partial charge in [-0.15, -0.1) is 0 Å². The lowest BCUT2D eigenvalue weighted by atomic mass is 9.85. The molecule has 2 unspecified atom stereocenters. The molecule has 0 radical (unpaired) electrons. The van der Waals surface area contributed by atoms with Crippen molar-refractivity contribution in [2.45, 2.75) is 56.5 Å². The number of carbonyl (C=O) groups is 2. The lowest BCUT2D eigenvalue weighted by Crippen LogP contribution is -2.44. The summed E-state index contributed by atoms with van der Waals surface area (Å²) < 4.78 is 26.5. The van der Waals surface area contributed by atoms with Crippen LogP contribution in [0.1, 0.15) is 55.7 Å². The number of nitrogens with zero attached hydrogens (tertiary/aromatic N) is 1. The SMILES string of the molecule is O=C1CCC(CCC(=O)N2CCCC2c2ccc(F)cc2)(Cc2ccc(F)cc2)N1. The van der Waals surface area contributed by atoms with Crippen LogP contribution in [0.25, 0.3) is 0 Å². The molecule has 2 fully saturated rings. The van der Waals surface area contributed by atoms with Gasteiger partial charge in [0.05, 0.1) is 6.04 Å². The molecule has 2 saturated heterocycles. The molecule has 2 aromatic carbocycles. The highest BCUT2D eigenvalue weighted by Gasteiger charge is 2.39. The predicted octanol–water partition coefficient (Wildman–Crippen LogP) is 4.30. The lowest BCUT2D eigenvalue weighted by Gasteiger charge is -2.31. The third kappa shape index (κ3) is 4.53. The van der Waals surface area contributed by atoms with Crippen molar-refractivity contribution in [3.05, 3.63) is 71.3 Å². The van der Waals surface area contributed by atoms with E-state index < -0.39 is 5.54 Å². The van der Waals surface area contributed by atoms with Crippen LogP contribution in [-0.2, 0) is 16.0 Å². The number of likely N-dealkylation sites (tertiary alicyclic amines) is 1. The maximum Gasteiger partial charge on any atom is 0.223 e. The van der Waals surface area contributed by atoms with E-state index in [4.69, 9.17) is 0 Å². The van der Waals surface area contributed by atoms with E-state index in [2.05, 4.69) is 5.32 Å². The molecule has 2 aliphatic rings. The van der Waals surface area contributed by atoms with E-state index in [0.29, 0.717) is 38.6 Å². The van der Waals surface area contributed by atoms with E-state index in [-0.39, 0.29) is 29.5 Å². The fourth-order valence-corrected chi connectivity index (χ4v) is 4.76. The van der Waals surface area contributed by atoms with Crippen LogP contribution in [0.15, 0.2) is 48.5 Å². The number of halogens is 2. The third-order valence-corrected chi connectivity index (χ3v) is 6.34. The van der Waals surface area contributed by atoms with Crippen LogP contribution in [0.2, 0.25) is 0 Å². The van der Waals surface area contributed by atoms with E-state index in [1.165, 1.54) is 24.3 Å². The van der Waals surface area contributed by atoms with Gasteiger partial charge in [-0.3, -0.25) is 9.59 Å². The number of benzene rings is 2. The number of carbonyl (C=O) groups excluding carboxylic acids is 2. The molecule has 2 amide bonds. The molecule has 30 heavy (non-hydrogen) atoms. The largest absolute Gasteiger partial charge is 0.350 e. The summed E-state index contributed by atoms with van der Waals surface area (Å²) in [6, 6.07) is 12.6. The number of rotatable bonds is 6. The molecule has 158 valence electrons. The highest BCUT2D eigenvalue weighted by Crippen LogP contribution is 2.34. The molecule has 0 aromatic heterocycles. The molecule has 0 aliphatic carbocycles. The number of hydrogen-bond acceptors (Lipinski definition) is 2. The molecule has 4 rings (SSSR count). The summed E-state index contributed by atoms with van der Waals surface area (Å²) in [4.78, 5) is 26.9. The van der Waals surface area contributed by atoms with Crippen LogP contribution in [0.3, 0.4) is 0 Å². The maximum atomic E-state index is 13.3. The van der Waals surface area contributed by atoms with Crippen molar-refractivity contribution >= 4 is 11.8 Å². The second-order valence-corrected chi connectivity index (χ2v) is 8.43. The summed E-state index contributed by atoms with van der Waals surface area (Å²) in [5.41, 5.74) is 1.42. The second kappa shape index (κ2) is 8.54. The third-order valence-electron chi connectivity index (χ3n) is 6.34. The van der Waals surface area contributed by atoms with Gasteiger partial charge in [-0.25, -0.2) is 8.78 Å². The van der Waals surface area contributed by atoms with Crippen LogP contribution < -0.4 is 5.32 Å². The Labute approximate surface area is 175 Å². The van der Waals surface area contributed by atoms with Crippen molar-refractivity contribution in [1.29, 1.82) is 0 Å². The van der Waals surface area contributed by atoms with E-state index in [0.717, 1.165) is 24.0 Å². The summed E-state index contributed by atoms with van der Waals surface area (Å²) >= 11 is 0. The van der Waals surface area contributed by atoms with E-state index in [9.17, 15) is 18.4 Å². The van der Waals surface area contributed by atoms with Crippen molar-refractivity contribution in [3.8, 4) is 0 Å². The van der Waals surface area contributed by atoms with Crippen LogP contribution >= 0.6 is 0 Å². The molecular weight excluding hydrogens is 386 g/mol. The van der Waals surface area contributed by atoms with Crippen LogP contribution in [0, 0.1) is 11.6 Å². The van der Waals surface area contributed by atoms with E-state index in [1.54, 1.807) is 24.3 Å². The predicted molar refractivity (Wildman–Crippen MR) is 110 cm³/mol. The van der Waals surface area contributed by atoms with Crippen LogP contribution in [-0.4, -0.2) is 28.8 Å². The van der Waals surface area contributed by atoms with E-state index in [1.807, 2.05) is 4.90 Å². The molecule has 2 aromatic rings. The summed E-state index contributed by atoms with van der Waals surface area (Å²) in [6.07, 6.45) is 4.35. The van der Waals surface area contributed by atoms with Gasteiger partial charge in [-0.2, -0.15) is 0 Å². The summed E-state index contributed by atoms with van der Waals surface area (Å²) in [7, 11) is 0. The van der Waals surface area contributed by atoms with Crippen molar-refractivity contribution in [1.82, 2.24) is 10.2 Å². The molecule has 2 aliphatic heterocycles. The molecular formula is C24H26F2N2O2. The van der Waals surface area contributed by atoms with Gasteiger partial charge in [-0.05, 0) is 67.5 Å². The Morgan fingerprint density at radius 1 is 1.07 bits per heavy atom. The van der Waals surface area contributed by atoms with Crippen molar-refractivity contribution in [2.24, 2.45) is 0 Å². The molecule has 6 heteroatoms. The molecule has 4 nitrogen and oxygen atoms in total. The normalized spacial score (nSPS) is 23.6. The van der Waals surface area contributed by atoms with Gasteiger partial charge in [-0.1, -0.05) is 24.3 Å². The summed E-state index contributed by atoms with van der Waals surface area (Å²) in [5.74, 6) is -0.523. The van der Waals surface area contributed by atoms with Gasteiger partial charge in [0.2, 0.25) is 11.8 Å². The Morgan fingerprint density at radius 3 is 2.37 bits per heavy atom. The minimum Gasteiger partial charge on any atom is -0.350 e. The minimum absolute atomic E-state index is 0.00470. The molecule has 2 atom stereocenters. The zero-order valence-corrected chi connectivity index (χ0v) is 16.9. The molecule has 0 saturated carbocycles. The topological polar surface area (TPSA) is 49.4 Å². The highest BCUT2D eigenvalue weighted by atomic mass is 19.1. The van der Waals surface area contributed by atoms with Crippen molar-refractivity contribution in [2.75, 3.05) is 6.54 Å². The quantitative estimate of drug-likeness (QED) is 0.769. The first-order chi connectivity index (χ1) is 14.4. The van der Waals surface area contributed by atoms with Crippen LogP contribution in [0.4, 0.5) is 8.78 Å². The maximum absolute atomic E-state index is 13.3. The summed E-state index contributed by atoms with van der Waals surface area (Å²) in [6.45, 7) is 0.693. The lowest BCUT2D eigenvalue weighted by molar-refractivity contribution is -0.132. The molecule has 2 heterocycles. The van der Waals surface area contributed by atoms with Crippen LogP contribution in [0.5, 0.6) is 0 Å². The first-order valence-electron chi connectivity index (χ1n) is 10.5. The van der Waals surface area contributed by atoms with Gasteiger partial charge < -0.3 is 10.2 Å².